The van der Waals surface area contributed by atoms with Crippen LogP contribution in [0.4, 0.5) is 11.6 Å². The van der Waals surface area contributed by atoms with Gasteiger partial charge in [0.1, 0.15) is 5.82 Å². The van der Waals surface area contributed by atoms with E-state index < -0.39 is 0 Å². The van der Waals surface area contributed by atoms with Crippen molar-refractivity contribution in [1.29, 1.82) is 0 Å². The Bertz CT molecular complexity index is 1670. The van der Waals surface area contributed by atoms with E-state index in [-0.39, 0.29) is 23.2 Å². The second kappa shape index (κ2) is 10.9. The molecule has 0 bridgehead atoms. The highest BCUT2D eigenvalue weighted by atomic mass is 32.1. The first-order valence-corrected chi connectivity index (χ1v) is 14.9. The largest absolute Gasteiger partial charge is 0.378 e. The van der Waals surface area contributed by atoms with Crippen molar-refractivity contribution < 1.29 is 14.3 Å². The van der Waals surface area contributed by atoms with Gasteiger partial charge >= 0.3 is 0 Å². The van der Waals surface area contributed by atoms with Gasteiger partial charge < -0.3 is 20.3 Å². The first kappa shape index (κ1) is 28.0. The maximum absolute atomic E-state index is 13.5. The third-order valence-corrected chi connectivity index (χ3v) is 9.30. The highest BCUT2D eigenvalue weighted by Crippen LogP contribution is 2.40. The average molecular weight is 583 g/mol. The van der Waals surface area contributed by atoms with Gasteiger partial charge in [-0.05, 0) is 53.3 Å². The monoisotopic (exact) mass is 582 g/mol. The molecule has 9 nitrogen and oxygen atoms in total. The van der Waals surface area contributed by atoms with E-state index in [4.69, 9.17) is 15.5 Å². The Morgan fingerprint density at radius 3 is 2.48 bits per heavy atom. The number of carbonyl (C=O) groups is 2. The van der Waals surface area contributed by atoms with Crippen molar-refractivity contribution in [1.82, 2.24) is 19.9 Å². The van der Waals surface area contributed by atoms with Crippen LogP contribution in [0.25, 0.3) is 11.4 Å². The average Bonchev–Trinajstić information content (AvgIpc) is 3.53. The molecule has 0 saturated carbocycles. The Hall–Kier alpha value is -4.15. The first-order chi connectivity index (χ1) is 20.1. The lowest BCUT2D eigenvalue weighted by Gasteiger charge is -2.26. The van der Waals surface area contributed by atoms with Crippen LogP contribution >= 0.6 is 11.3 Å². The van der Waals surface area contributed by atoms with Crippen molar-refractivity contribution >= 4 is 34.8 Å². The van der Waals surface area contributed by atoms with Gasteiger partial charge in [0, 0.05) is 41.2 Å². The van der Waals surface area contributed by atoms with Gasteiger partial charge in [0.2, 0.25) is 5.95 Å². The van der Waals surface area contributed by atoms with E-state index in [0.717, 1.165) is 32.8 Å². The quantitative estimate of drug-likeness (QED) is 0.352. The Kier molecular flexibility index (Phi) is 7.28. The molecule has 1 fully saturated rings. The highest BCUT2D eigenvalue weighted by molar-refractivity contribution is 7.14. The van der Waals surface area contributed by atoms with Crippen molar-refractivity contribution in [2.24, 2.45) is 0 Å². The molecule has 6 rings (SSSR count). The lowest BCUT2D eigenvalue weighted by Crippen LogP contribution is -2.40. The number of fused-ring (bicyclic) bond motifs is 1. The maximum Gasteiger partial charge on any atom is 0.269 e. The lowest BCUT2D eigenvalue weighted by atomic mass is 9.94. The number of benzene rings is 2. The summed E-state index contributed by atoms with van der Waals surface area (Å²) in [6.45, 7) is 11.4. The number of thiophene rings is 1. The first-order valence-electron chi connectivity index (χ1n) is 14.1. The fourth-order valence-corrected chi connectivity index (χ4v) is 6.53. The molecular formula is C32H34N6O3S. The number of hydrogen-bond acceptors (Lipinski definition) is 8. The summed E-state index contributed by atoms with van der Waals surface area (Å²) >= 11 is 1.59. The Labute approximate surface area is 249 Å². The minimum Gasteiger partial charge on any atom is -0.378 e. The van der Waals surface area contributed by atoms with E-state index in [2.05, 4.69) is 36.8 Å². The van der Waals surface area contributed by atoms with E-state index in [1.165, 1.54) is 4.88 Å². The molecule has 0 unspecified atom stereocenters. The smallest absolute Gasteiger partial charge is 0.269 e. The number of nitrogens with zero attached hydrogens (tertiary/aromatic N) is 5. The molecule has 4 heterocycles. The Morgan fingerprint density at radius 1 is 1.05 bits per heavy atom. The predicted molar refractivity (Wildman–Crippen MR) is 164 cm³/mol. The van der Waals surface area contributed by atoms with E-state index in [0.29, 0.717) is 56.5 Å². The minimum atomic E-state index is 0.00747. The summed E-state index contributed by atoms with van der Waals surface area (Å²) in [4.78, 5) is 45.5. The molecule has 0 radical (unpaired) electrons. The van der Waals surface area contributed by atoms with Gasteiger partial charge in [-0.2, -0.15) is 9.97 Å². The number of nitrogens with two attached hydrogens (primary N) is 1. The van der Waals surface area contributed by atoms with Crippen LogP contribution in [0, 0.1) is 6.92 Å². The number of rotatable bonds is 5. The zero-order chi connectivity index (χ0) is 29.6. The molecule has 2 amide bonds. The van der Waals surface area contributed by atoms with Crippen LogP contribution in [0.15, 0.2) is 48.5 Å². The van der Waals surface area contributed by atoms with Crippen molar-refractivity contribution in [3.8, 4) is 11.4 Å². The molecule has 1 saturated heterocycles. The third-order valence-electron chi connectivity index (χ3n) is 7.71. The van der Waals surface area contributed by atoms with Gasteiger partial charge in [0.15, 0.2) is 5.82 Å². The molecule has 42 heavy (non-hydrogen) atoms. The molecule has 2 aromatic carbocycles. The standard InChI is InChI=1S/C32H34N6O3S/c1-19-23(6-5-7-24(19)38-18-22-17-25(32(2,3)4)42-27(22)30(38)40)28-34-26(35-31(33)36-28)16-20-8-10-21(11-9-20)29(39)37-12-14-41-15-13-37/h5-11,17H,12-16,18H2,1-4H3,(H2,33,34,35,36). The molecule has 10 heteroatoms. The van der Waals surface area contributed by atoms with Crippen LogP contribution in [0.1, 0.15) is 68.2 Å². The Balaban J connectivity index is 1.22. The summed E-state index contributed by atoms with van der Waals surface area (Å²) < 4.78 is 5.35. The Morgan fingerprint density at radius 2 is 1.79 bits per heavy atom. The minimum absolute atomic E-state index is 0.00747. The summed E-state index contributed by atoms with van der Waals surface area (Å²) in [6.07, 6.45) is 0.436. The van der Waals surface area contributed by atoms with Crippen LogP contribution in [0.2, 0.25) is 0 Å². The van der Waals surface area contributed by atoms with E-state index >= 15 is 0 Å². The van der Waals surface area contributed by atoms with Gasteiger partial charge in [-0.3, -0.25) is 9.59 Å². The highest BCUT2D eigenvalue weighted by Gasteiger charge is 2.34. The van der Waals surface area contributed by atoms with Gasteiger partial charge in [-0.25, -0.2) is 4.98 Å². The summed E-state index contributed by atoms with van der Waals surface area (Å²) in [5, 5.41) is 0. The van der Waals surface area contributed by atoms with Crippen LogP contribution in [-0.4, -0.2) is 58.0 Å². The van der Waals surface area contributed by atoms with Crippen molar-refractivity contribution in [3.05, 3.63) is 86.4 Å². The third kappa shape index (κ3) is 5.39. The SMILES string of the molecule is Cc1c(-c2nc(N)nc(Cc3ccc(C(=O)N4CCOCC4)cc3)n2)cccc1N1Cc2cc(C(C)(C)C)sc2C1=O. The summed E-state index contributed by atoms with van der Waals surface area (Å²) in [5.74, 6) is 1.16. The molecule has 0 aliphatic carbocycles. The molecule has 2 aliphatic rings. The number of nitrogen functional groups attached to an aromatic ring is 1. The number of aromatic nitrogens is 3. The van der Waals surface area contributed by atoms with E-state index in [9.17, 15) is 9.59 Å². The van der Waals surface area contributed by atoms with Gasteiger partial charge in [0.25, 0.3) is 11.8 Å². The number of amides is 2. The summed E-state index contributed by atoms with van der Waals surface area (Å²) in [6, 6.07) is 15.5. The van der Waals surface area contributed by atoms with Crippen molar-refractivity contribution in [2.75, 3.05) is 36.9 Å². The number of anilines is 2. The van der Waals surface area contributed by atoms with E-state index in [1.54, 1.807) is 11.3 Å². The predicted octanol–water partition coefficient (Wildman–Crippen LogP) is 5.01. The van der Waals surface area contributed by atoms with Gasteiger partial charge in [-0.15, -0.1) is 11.3 Å². The summed E-state index contributed by atoms with van der Waals surface area (Å²) in [5.41, 5.74) is 11.4. The summed E-state index contributed by atoms with van der Waals surface area (Å²) in [7, 11) is 0. The topological polar surface area (TPSA) is 115 Å². The maximum atomic E-state index is 13.5. The number of morpholine rings is 1. The fraction of sp³-hybridized carbons (Fsp3) is 0.344. The molecule has 0 atom stereocenters. The van der Waals surface area contributed by atoms with Gasteiger partial charge in [0.05, 0.1) is 24.6 Å². The fourth-order valence-electron chi connectivity index (χ4n) is 5.35. The van der Waals surface area contributed by atoms with Crippen LogP contribution in [-0.2, 0) is 23.1 Å². The number of hydrogen-bond donors (Lipinski definition) is 1. The lowest BCUT2D eigenvalue weighted by molar-refractivity contribution is 0.0303. The molecule has 2 aromatic heterocycles. The van der Waals surface area contributed by atoms with Crippen molar-refractivity contribution in [3.63, 3.8) is 0 Å². The molecule has 2 aliphatic heterocycles. The molecule has 2 N–H and O–H groups in total. The number of ether oxygens (including phenoxy) is 1. The van der Waals surface area contributed by atoms with Crippen LogP contribution in [0.5, 0.6) is 0 Å². The second-order valence-corrected chi connectivity index (χ2v) is 12.8. The molecule has 216 valence electrons. The zero-order valence-corrected chi connectivity index (χ0v) is 25.1. The molecular weight excluding hydrogens is 548 g/mol. The second-order valence-electron chi connectivity index (χ2n) is 11.8. The van der Waals surface area contributed by atoms with Crippen molar-refractivity contribution in [2.45, 2.75) is 46.1 Å². The zero-order valence-electron chi connectivity index (χ0n) is 24.3. The van der Waals surface area contributed by atoms with Gasteiger partial charge in [-0.1, -0.05) is 45.0 Å². The number of carbonyl (C=O) groups excluding carboxylic acids is 2. The van der Waals surface area contributed by atoms with Crippen LogP contribution in [0.3, 0.4) is 0 Å². The van der Waals surface area contributed by atoms with E-state index in [1.807, 2.05) is 59.2 Å². The van der Waals surface area contributed by atoms with Crippen LogP contribution < -0.4 is 10.6 Å². The molecule has 0 spiro atoms. The normalized spacial score (nSPS) is 15.3. The molecule has 4 aromatic rings.